The summed E-state index contributed by atoms with van der Waals surface area (Å²) >= 11 is 1.25. The maximum Gasteiger partial charge on any atom is 0.355 e. The van der Waals surface area contributed by atoms with Crippen molar-refractivity contribution in [2.24, 2.45) is 0 Å². The lowest BCUT2D eigenvalue weighted by Gasteiger charge is -2.00. The zero-order valence-electron chi connectivity index (χ0n) is 13.3. The maximum absolute atomic E-state index is 12.1. The van der Waals surface area contributed by atoms with Crippen LogP contribution in [-0.2, 0) is 13.0 Å². The summed E-state index contributed by atoms with van der Waals surface area (Å²) in [4.78, 5) is 26.8. The molecule has 0 spiro atoms. The number of rotatable bonds is 7. The van der Waals surface area contributed by atoms with E-state index < -0.39 is 5.97 Å². The van der Waals surface area contributed by atoms with Gasteiger partial charge in [0, 0.05) is 30.6 Å². The molecule has 0 unspecified atom stereocenters. The number of hydrogen-bond acceptors (Lipinski definition) is 7. The van der Waals surface area contributed by atoms with Crippen molar-refractivity contribution >= 4 is 23.2 Å². The summed E-state index contributed by atoms with van der Waals surface area (Å²) in [7, 11) is 0. The second-order valence-corrected chi connectivity index (χ2v) is 6.27. The van der Waals surface area contributed by atoms with E-state index in [0.717, 1.165) is 5.56 Å². The van der Waals surface area contributed by atoms with E-state index in [-0.39, 0.29) is 17.3 Å². The molecule has 2 N–H and O–H groups in total. The number of amides is 1. The number of carboxylic acids is 1. The van der Waals surface area contributed by atoms with Gasteiger partial charge in [-0.3, -0.25) is 9.48 Å². The summed E-state index contributed by atoms with van der Waals surface area (Å²) in [5.74, 6) is -0.894. The molecule has 0 aromatic carbocycles. The molecule has 10 heteroatoms. The Balaban J connectivity index is 1.50. The van der Waals surface area contributed by atoms with Crippen LogP contribution in [-0.4, -0.2) is 43.4 Å². The predicted octanol–water partition coefficient (Wildman–Crippen LogP) is 1.36. The highest BCUT2D eigenvalue weighted by molar-refractivity contribution is 7.09. The molecule has 0 saturated carbocycles. The minimum atomic E-state index is -1.06. The van der Waals surface area contributed by atoms with Gasteiger partial charge in [0.1, 0.15) is 6.54 Å². The molecule has 130 valence electrons. The second kappa shape index (κ2) is 7.26. The number of nitrogens with zero attached hydrogens (tertiary/aromatic N) is 4. The van der Waals surface area contributed by atoms with Crippen molar-refractivity contribution < 1.29 is 19.2 Å². The van der Waals surface area contributed by atoms with Gasteiger partial charge in [-0.2, -0.15) is 5.10 Å². The van der Waals surface area contributed by atoms with Crippen LogP contribution in [0.15, 0.2) is 28.4 Å². The molecule has 25 heavy (non-hydrogen) atoms. The average Bonchev–Trinajstić information content (AvgIpc) is 3.29. The monoisotopic (exact) mass is 361 g/mol. The summed E-state index contributed by atoms with van der Waals surface area (Å²) < 4.78 is 6.84. The standard InChI is InChI=1S/C15H15N5O4S/c1-9-5-17-20(6-9)7-10-4-11(19-24-10)14(21)16-3-2-13-18-12(8-25-13)15(22)23/h4-6,8H,2-3,7H2,1H3,(H,16,21)(H,22,23). The predicted molar refractivity (Wildman–Crippen MR) is 87.7 cm³/mol. The van der Waals surface area contributed by atoms with E-state index in [1.165, 1.54) is 16.7 Å². The maximum atomic E-state index is 12.1. The molecule has 3 aromatic rings. The third kappa shape index (κ3) is 4.29. The molecule has 3 aromatic heterocycles. The van der Waals surface area contributed by atoms with Crippen molar-refractivity contribution in [1.82, 2.24) is 25.2 Å². The molecule has 0 atom stereocenters. The van der Waals surface area contributed by atoms with Crippen LogP contribution in [0.1, 0.15) is 37.3 Å². The molecule has 0 fully saturated rings. The minimum Gasteiger partial charge on any atom is -0.476 e. The van der Waals surface area contributed by atoms with Crippen molar-refractivity contribution in [3.05, 3.63) is 51.6 Å². The molecule has 0 saturated heterocycles. The van der Waals surface area contributed by atoms with Gasteiger partial charge in [-0.15, -0.1) is 11.3 Å². The van der Waals surface area contributed by atoms with Crippen LogP contribution in [0.4, 0.5) is 0 Å². The van der Waals surface area contributed by atoms with E-state index >= 15 is 0 Å². The van der Waals surface area contributed by atoms with Crippen molar-refractivity contribution in [2.75, 3.05) is 6.54 Å². The summed E-state index contributed by atoms with van der Waals surface area (Å²) in [6.07, 6.45) is 4.04. The number of thiazole rings is 1. The zero-order valence-corrected chi connectivity index (χ0v) is 14.1. The Labute approximate surface area is 146 Å². The molecular weight excluding hydrogens is 346 g/mol. The highest BCUT2D eigenvalue weighted by atomic mass is 32.1. The fourth-order valence-corrected chi connectivity index (χ4v) is 2.88. The first-order valence-electron chi connectivity index (χ1n) is 7.42. The van der Waals surface area contributed by atoms with E-state index in [9.17, 15) is 9.59 Å². The molecule has 0 bridgehead atoms. The molecular formula is C15H15N5O4S. The van der Waals surface area contributed by atoms with Gasteiger partial charge in [-0.25, -0.2) is 9.78 Å². The average molecular weight is 361 g/mol. The number of hydrogen-bond donors (Lipinski definition) is 2. The molecule has 0 aliphatic rings. The SMILES string of the molecule is Cc1cnn(Cc2cc(C(=O)NCCc3nc(C(=O)O)cs3)no2)c1. The molecule has 1 amide bonds. The van der Waals surface area contributed by atoms with Crippen LogP contribution in [0.25, 0.3) is 0 Å². The van der Waals surface area contributed by atoms with Crippen LogP contribution in [0.3, 0.4) is 0 Å². The second-order valence-electron chi connectivity index (χ2n) is 5.33. The fourth-order valence-electron chi connectivity index (χ4n) is 2.11. The first-order chi connectivity index (χ1) is 12.0. The van der Waals surface area contributed by atoms with E-state index in [1.54, 1.807) is 16.9 Å². The zero-order chi connectivity index (χ0) is 17.8. The lowest BCUT2D eigenvalue weighted by molar-refractivity contribution is 0.0690. The molecule has 3 heterocycles. The Morgan fingerprint density at radius 1 is 1.40 bits per heavy atom. The Kier molecular flexibility index (Phi) is 4.89. The molecule has 9 nitrogen and oxygen atoms in total. The van der Waals surface area contributed by atoms with E-state index in [2.05, 4.69) is 20.6 Å². The molecule has 0 radical (unpaired) electrons. The van der Waals surface area contributed by atoms with Gasteiger partial charge in [-0.05, 0) is 12.5 Å². The van der Waals surface area contributed by atoms with Crippen LogP contribution in [0.5, 0.6) is 0 Å². The van der Waals surface area contributed by atoms with Crippen LogP contribution >= 0.6 is 11.3 Å². The topological polar surface area (TPSA) is 123 Å². The normalized spacial score (nSPS) is 10.8. The van der Waals surface area contributed by atoms with Crippen LogP contribution in [0.2, 0.25) is 0 Å². The van der Waals surface area contributed by atoms with Gasteiger partial charge in [0.2, 0.25) is 0 Å². The number of nitrogens with one attached hydrogen (secondary N) is 1. The Morgan fingerprint density at radius 3 is 2.92 bits per heavy atom. The Bertz CT molecular complexity index is 897. The number of aromatic nitrogens is 4. The van der Waals surface area contributed by atoms with Gasteiger partial charge in [0.15, 0.2) is 17.1 Å². The number of carboxylic acid groups (broad SMARTS) is 1. The highest BCUT2D eigenvalue weighted by Crippen LogP contribution is 2.10. The first-order valence-corrected chi connectivity index (χ1v) is 8.30. The van der Waals surface area contributed by atoms with Crippen LogP contribution in [0, 0.1) is 6.92 Å². The molecule has 0 aliphatic carbocycles. The van der Waals surface area contributed by atoms with Gasteiger partial charge in [0.25, 0.3) is 5.91 Å². The minimum absolute atomic E-state index is 0.0151. The van der Waals surface area contributed by atoms with Crippen molar-refractivity contribution in [1.29, 1.82) is 0 Å². The third-order valence-corrected chi connectivity index (χ3v) is 4.18. The summed E-state index contributed by atoms with van der Waals surface area (Å²) in [5, 5.41) is 21.5. The van der Waals surface area contributed by atoms with Crippen molar-refractivity contribution in [3.63, 3.8) is 0 Å². The van der Waals surface area contributed by atoms with E-state index in [4.69, 9.17) is 9.63 Å². The third-order valence-electron chi connectivity index (χ3n) is 3.27. The van der Waals surface area contributed by atoms with E-state index in [0.29, 0.717) is 30.3 Å². The van der Waals surface area contributed by atoms with Gasteiger partial charge < -0.3 is 14.9 Å². The summed E-state index contributed by atoms with van der Waals surface area (Å²) in [6, 6.07) is 1.57. The highest BCUT2D eigenvalue weighted by Gasteiger charge is 2.13. The number of carbonyl (C=O) groups excluding carboxylic acids is 1. The number of carbonyl (C=O) groups is 2. The summed E-state index contributed by atoms with van der Waals surface area (Å²) in [5.41, 5.74) is 1.23. The van der Waals surface area contributed by atoms with Crippen molar-refractivity contribution in [3.8, 4) is 0 Å². The van der Waals surface area contributed by atoms with Gasteiger partial charge in [-0.1, -0.05) is 5.16 Å². The van der Waals surface area contributed by atoms with Gasteiger partial charge in [0.05, 0.1) is 11.2 Å². The Morgan fingerprint density at radius 2 is 2.24 bits per heavy atom. The lowest BCUT2D eigenvalue weighted by atomic mass is 10.3. The fraction of sp³-hybridized carbons (Fsp3) is 0.267. The molecule has 3 rings (SSSR count). The van der Waals surface area contributed by atoms with E-state index in [1.807, 2.05) is 13.1 Å². The van der Waals surface area contributed by atoms with Gasteiger partial charge >= 0.3 is 5.97 Å². The first kappa shape index (κ1) is 16.8. The summed E-state index contributed by atoms with van der Waals surface area (Å²) in [6.45, 7) is 2.65. The smallest absolute Gasteiger partial charge is 0.355 e. The van der Waals surface area contributed by atoms with Crippen molar-refractivity contribution in [2.45, 2.75) is 19.9 Å². The number of aromatic carboxylic acids is 1. The van der Waals surface area contributed by atoms with Crippen LogP contribution < -0.4 is 5.32 Å². The largest absolute Gasteiger partial charge is 0.476 e. The number of aryl methyl sites for hydroxylation is 1. The quantitative estimate of drug-likeness (QED) is 0.651. The lowest BCUT2D eigenvalue weighted by Crippen LogP contribution is -2.25. The molecule has 0 aliphatic heterocycles. The Hall–Kier alpha value is -3.01.